The SMILES string of the molecule is C=C(OC)c1ccc(/C=C/C=NC23CC(C)=CC(Cc4[nH]c(=O)ccc42)/C3=C\C)cc1. The molecule has 4 heteroatoms. The molecule has 1 heterocycles. The minimum atomic E-state index is -0.458. The van der Waals surface area contributed by atoms with E-state index >= 15 is 0 Å². The number of H-pyrrole nitrogens is 1. The van der Waals surface area contributed by atoms with E-state index in [0.717, 1.165) is 35.2 Å². The number of hydrogen-bond acceptors (Lipinski definition) is 3. The molecule has 1 aromatic carbocycles. The first-order valence-corrected chi connectivity index (χ1v) is 10.6. The lowest BCUT2D eigenvalue weighted by molar-refractivity contribution is 0.371. The number of pyridine rings is 1. The first kappa shape index (κ1) is 20.9. The molecule has 0 saturated heterocycles. The fraction of sp³-hybridized carbons (Fsp3) is 0.259. The average Bonchev–Trinajstić information content (AvgIpc) is 2.76. The molecule has 158 valence electrons. The van der Waals surface area contributed by atoms with E-state index in [9.17, 15) is 4.79 Å². The maximum atomic E-state index is 11.9. The molecule has 0 spiro atoms. The van der Waals surface area contributed by atoms with Crippen LogP contribution < -0.4 is 5.56 Å². The van der Waals surface area contributed by atoms with E-state index < -0.39 is 5.54 Å². The Hall–Kier alpha value is -3.40. The predicted molar refractivity (Wildman–Crippen MR) is 128 cm³/mol. The third-order valence-electron chi connectivity index (χ3n) is 6.23. The number of fused-ring (bicyclic) bond motifs is 4. The van der Waals surface area contributed by atoms with Gasteiger partial charge in [0.15, 0.2) is 0 Å². The highest BCUT2D eigenvalue weighted by atomic mass is 16.5. The number of aliphatic imine (C=N–C) groups is 1. The third kappa shape index (κ3) is 3.86. The van der Waals surface area contributed by atoms with Crippen LogP contribution in [0.5, 0.6) is 0 Å². The number of allylic oxidation sites excluding steroid dienone is 3. The number of benzene rings is 1. The summed E-state index contributed by atoms with van der Waals surface area (Å²) in [6.07, 6.45) is 12.1. The Balaban J connectivity index is 1.67. The fourth-order valence-electron chi connectivity index (χ4n) is 4.87. The van der Waals surface area contributed by atoms with Gasteiger partial charge in [0.25, 0.3) is 0 Å². The molecule has 2 atom stereocenters. The Morgan fingerprint density at radius 2 is 2.03 bits per heavy atom. The quantitative estimate of drug-likeness (QED) is 0.404. The summed E-state index contributed by atoms with van der Waals surface area (Å²) < 4.78 is 5.18. The number of rotatable bonds is 5. The number of nitrogens with zero attached hydrogens (tertiary/aromatic N) is 1. The zero-order chi connectivity index (χ0) is 22.0. The zero-order valence-corrected chi connectivity index (χ0v) is 18.3. The number of ether oxygens (including phenoxy) is 1. The van der Waals surface area contributed by atoms with Gasteiger partial charge in [0.2, 0.25) is 5.56 Å². The van der Waals surface area contributed by atoms with E-state index in [2.05, 4.69) is 37.6 Å². The Kier molecular flexibility index (Phi) is 5.64. The lowest BCUT2D eigenvalue weighted by Crippen LogP contribution is -2.40. The Morgan fingerprint density at radius 3 is 2.74 bits per heavy atom. The molecule has 2 bridgehead atoms. The maximum absolute atomic E-state index is 11.9. The van der Waals surface area contributed by atoms with Crippen molar-refractivity contribution in [3.05, 3.63) is 105 Å². The smallest absolute Gasteiger partial charge is 0.248 e. The minimum absolute atomic E-state index is 0.0555. The van der Waals surface area contributed by atoms with Crippen LogP contribution >= 0.6 is 0 Å². The second-order valence-electron chi connectivity index (χ2n) is 8.21. The van der Waals surface area contributed by atoms with Gasteiger partial charge in [-0.15, -0.1) is 0 Å². The molecule has 1 aromatic heterocycles. The molecule has 2 unspecified atom stereocenters. The molecular formula is C27H28N2O2. The monoisotopic (exact) mass is 412 g/mol. The summed E-state index contributed by atoms with van der Waals surface area (Å²) >= 11 is 0. The normalized spacial score (nSPS) is 23.8. The summed E-state index contributed by atoms with van der Waals surface area (Å²) in [5, 5.41) is 0. The average molecular weight is 413 g/mol. The molecule has 0 radical (unpaired) electrons. The zero-order valence-electron chi connectivity index (χ0n) is 18.3. The van der Waals surface area contributed by atoms with Gasteiger partial charge in [-0.3, -0.25) is 9.79 Å². The molecule has 4 rings (SSSR count). The van der Waals surface area contributed by atoms with E-state index in [4.69, 9.17) is 9.73 Å². The highest BCUT2D eigenvalue weighted by Crippen LogP contribution is 2.51. The predicted octanol–water partition coefficient (Wildman–Crippen LogP) is 5.44. The van der Waals surface area contributed by atoms with Gasteiger partial charge in [0.1, 0.15) is 11.3 Å². The van der Waals surface area contributed by atoms with Crippen LogP contribution in [0.4, 0.5) is 0 Å². The van der Waals surface area contributed by atoms with Gasteiger partial charge in [0, 0.05) is 41.4 Å². The van der Waals surface area contributed by atoms with Crippen molar-refractivity contribution in [3.8, 4) is 0 Å². The lowest BCUT2D eigenvalue weighted by atomic mass is 9.63. The molecule has 0 aliphatic heterocycles. The maximum Gasteiger partial charge on any atom is 0.248 e. The second-order valence-corrected chi connectivity index (χ2v) is 8.21. The summed E-state index contributed by atoms with van der Waals surface area (Å²) in [6.45, 7) is 8.14. The number of nitrogens with one attached hydrogen (secondary N) is 1. The Bertz CT molecular complexity index is 1180. The Labute approximate surface area is 183 Å². The van der Waals surface area contributed by atoms with Crippen LogP contribution in [-0.4, -0.2) is 18.3 Å². The second kappa shape index (κ2) is 8.38. The molecule has 2 aliphatic carbocycles. The van der Waals surface area contributed by atoms with Gasteiger partial charge >= 0.3 is 0 Å². The van der Waals surface area contributed by atoms with E-state index in [-0.39, 0.29) is 11.5 Å². The van der Waals surface area contributed by atoms with Crippen molar-refractivity contribution in [1.82, 2.24) is 4.98 Å². The van der Waals surface area contributed by atoms with Crippen molar-refractivity contribution in [2.24, 2.45) is 10.9 Å². The standard InChI is InChI=1S/C27H28N2O2/c1-5-23-22-15-18(2)17-27(23,24-12-13-26(30)29-25(24)16-22)28-14-6-7-20-8-10-21(11-9-20)19(3)31-4/h5-15,22H,3,16-17H2,1-2,4H3,(H,29,30)/b7-6+,23-5+,28-14?. The first-order valence-electron chi connectivity index (χ1n) is 10.6. The van der Waals surface area contributed by atoms with Crippen LogP contribution in [0.25, 0.3) is 11.8 Å². The van der Waals surface area contributed by atoms with Crippen molar-refractivity contribution in [3.63, 3.8) is 0 Å². The molecule has 2 aliphatic rings. The van der Waals surface area contributed by atoms with Crippen molar-refractivity contribution < 1.29 is 4.74 Å². The van der Waals surface area contributed by atoms with Crippen molar-refractivity contribution in [2.75, 3.05) is 7.11 Å². The number of hydrogen-bond donors (Lipinski definition) is 1. The fourth-order valence-corrected chi connectivity index (χ4v) is 4.87. The van der Waals surface area contributed by atoms with Crippen LogP contribution in [0.3, 0.4) is 0 Å². The van der Waals surface area contributed by atoms with Crippen LogP contribution in [0.15, 0.2) is 82.1 Å². The topological polar surface area (TPSA) is 54.4 Å². The van der Waals surface area contributed by atoms with Crippen LogP contribution in [0.2, 0.25) is 0 Å². The van der Waals surface area contributed by atoms with Crippen LogP contribution in [0.1, 0.15) is 42.7 Å². The highest BCUT2D eigenvalue weighted by molar-refractivity contribution is 5.79. The number of aromatic amines is 1. The summed E-state index contributed by atoms with van der Waals surface area (Å²) in [5.41, 5.74) is 6.29. The van der Waals surface area contributed by atoms with E-state index in [1.807, 2.05) is 48.7 Å². The molecule has 31 heavy (non-hydrogen) atoms. The molecule has 0 amide bonds. The summed E-state index contributed by atoms with van der Waals surface area (Å²) in [7, 11) is 1.62. The van der Waals surface area contributed by atoms with Crippen molar-refractivity contribution in [1.29, 1.82) is 0 Å². The van der Waals surface area contributed by atoms with Crippen molar-refractivity contribution in [2.45, 2.75) is 32.2 Å². The number of methoxy groups -OCH3 is 1. The largest absolute Gasteiger partial charge is 0.497 e. The van der Waals surface area contributed by atoms with Gasteiger partial charge in [-0.2, -0.15) is 0 Å². The molecular weight excluding hydrogens is 384 g/mol. The van der Waals surface area contributed by atoms with Gasteiger partial charge in [0.05, 0.1) is 7.11 Å². The minimum Gasteiger partial charge on any atom is -0.497 e. The molecule has 4 nitrogen and oxygen atoms in total. The molecule has 0 fully saturated rings. The lowest BCUT2D eigenvalue weighted by Gasteiger charge is -2.45. The van der Waals surface area contributed by atoms with Crippen LogP contribution in [0, 0.1) is 5.92 Å². The van der Waals surface area contributed by atoms with Gasteiger partial charge in [-0.05, 0) is 43.5 Å². The Morgan fingerprint density at radius 1 is 1.26 bits per heavy atom. The summed E-state index contributed by atoms with van der Waals surface area (Å²) in [5.74, 6) is 0.922. The summed E-state index contributed by atoms with van der Waals surface area (Å²) in [6, 6.07) is 11.6. The third-order valence-corrected chi connectivity index (χ3v) is 6.23. The highest BCUT2D eigenvalue weighted by Gasteiger charge is 2.46. The molecule has 2 aromatic rings. The van der Waals surface area contributed by atoms with Gasteiger partial charge in [-0.1, -0.05) is 54.6 Å². The van der Waals surface area contributed by atoms with E-state index in [1.54, 1.807) is 13.2 Å². The van der Waals surface area contributed by atoms with E-state index in [1.165, 1.54) is 11.1 Å². The number of aromatic nitrogens is 1. The summed E-state index contributed by atoms with van der Waals surface area (Å²) in [4.78, 5) is 20.1. The van der Waals surface area contributed by atoms with Crippen LogP contribution in [-0.2, 0) is 16.7 Å². The van der Waals surface area contributed by atoms with E-state index in [0.29, 0.717) is 5.76 Å². The van der Waals surface area contributed by atoms with Gasteiger partial charge < -0.3 is 9.72 Å². The van der Waals surface area contributed by atoms with Gasteiger partial charge in [-0.25, -0.2) is 0 Å². The molecule has 1 N–H and O–H groups in total. The molecule has 0 saturated carbocycles. The van der Waals surface area contributed by atoms with Crippen molar-refractivity contribution >= 4 is 18.0 Å². The first-order chi connectivity index (χ1) is 15.0.